The summed E-state index contributed by atoms with van der Waals surface area (Å²) >= 11 is 6.10. The van der Waals surface area contributed by atoms with Gasteiger partial charge < -0.3 is 34.8 Å². The summed E-state index contributed by atoms with van der Waals surface area (Å²) in [7, 11) is 0. The predicted molar refractivity (Wildman–Crippen MR) is 184 cm³/mol. The number of nitrogens with one attached hydrogen (secondary N) is 2. The van der Waals surface area contributed by atoms with Crippen molar-refractivity contribution in [1.29, 1.82) is 0 Å². The van der Waals surface area contributed by atoms with Gasteiger partial charge in [-0.2, -0.15) is 22.7 Å². The molecule has 53 heavy (non-hydrogen) atoms. The van der Waals surface area contributed by atoms with Crippen LogP contribution in [0.25, 0.3) is 11.4 Å². The van der Waals surface area contributed by atoms with Crippen LogP contribution in [0.5, 0.6) is 5.75 Å². The second-order valence-corrected chi connectivity index (χ2v) is 12.6. The van der Waals surface area contributed by atoms with Gasteiger partial charge in [0, 0.05) is 31.7 Å². The zero-order valence-electron chi connectivity index (χ0n) is 28.2. The number of phenolic OH excluding ortho intramolecular Hbond substituents is 1. The van der Waals surface area contributed by atoms with Crippen LogP contribution in [0.4, 0.5) is 28.9 Å². The summed E-state index contributed by atoms with van der Waals surface area (Å²) in [4.78, 5) is 61.0. The zero-order valence-corrected chi connectivity index (χ0v) is 28.9. The van der Waals surface area contributed by atoms with Crippen LogP contribution in [-0.2, 0) is 33.5 Å². The van der Waals surface area contributed by atoms with Gasteiger partial charge in [-0.05, 0) is 54.8 Å². The number of benzene rings is 2. The average Bonchev–Trinajstić information content (AvgIpc) is 3.60. The van der Waals surface area contributed by atoms with Gasteiger partial charge in [0.1, 0.15) is 12.2 Å². The minimum absolute atomic E-state index is 0.0270. The van der Waals surface area contributed by atoms with Gasteiger partial charge in [0.05, 0.1) is 41.7 Å². The molecular weight excluding hydrogens is 728 g/mol. The molecule has 3 amide bonds. The summed E-state index contributed by atoms with van der Waals surface area (Å²) in [5.74, 6) is -2.97. The lowest BCUT2D eigenvalue weighted by Gasteiger charge is -2.36. The van der Waals surface area contributed by atoms with Gasteiger partial charge in [-0.3, -0.25) is 19.2 Å². The SMILES string of the molecule is CCc1c(N2CCN(C(=O)CNC(=O)c3ccc(F)c(O)c3)CC2)c(=O)n2nc(C3=CCOCC3)nc2n1CC(=O)Nc1ccc(C(F)(F)F)cc1Cl. The molecule has 4 heterocycles. The Balaban J connectivity index is 1.25. The first-order valence-corrected chi connectivity index (χ1v) is 16.9. The van der Waals surface area contributed by atoms with Gasteiger partial charge in [-0.15, -0.1) is 5.10 Å². The summed E-state index contributed by atoms with van der Waals surface area (Å²) in [6.45, 7) is 2.54. The highest BCUT2D eigenvalue weighted by Gasteiger charge is 2.32. The molecule has 0 radical (unpaired) electrons. The van der Waals surface area contributed by atoms with E-state index >= 15 is 0 Å². The number of hydrogen-bond acceptors (Lipinski definition) is 9. The summed E-state index contributed by atoms with van der Waals surface area (Å²) in [6.07, 6.45) is -2.07. The molecule has 3 N–H and O–H groups in total. The number of carbonyl (C=O) groups is 3. The molecule has 0 atom stereocenters. The summed E-state index contributed by atoms with van der Waals surface area (Å²) < 4.78 is 61.0. The third-order valence-electron chi connectivity index (χ3n) is 8.84. The van der Waals surface area contributed by atoms with Gasteiger partial charge in [0.25, 0.3) is 11.5 Å². The van der Waals surface area contributed by atoms with Crippen LogP contribution in [0.15, 0.2) is 47.3 Å². The lowest BCUT2D eigenvalue weighted by Crippen LogP contribution is -2.52. The second-order valence-electron chi connectivity index (χ2n) is 12.2. The van der Waals surface area contributed by atoms with E-state index in [1.165, 1.54) is 15.5 Å². The smallest absolute Gasteiger partial charge is 0.416 e. The standard InChI is InChI=1S/C34H33ClF4N8O6/c1-2-25-29(45-11-9-44(10-12-45)28(50)17-40-31(51)20-3-5-23(36)26(48)15-20)32(52)47-33(42-30(43-47)19-7-13-53-14-8-19)46(25)18-27(49)41-24-6-4-21(16-22(24)35)34(37,38)39/h3-7,15-16,48H,2,8-14,17-18H2,1H3,(H,40,51)(H,41,49). The van der Waals surface area contributed by atoms with E-state index in [-0.39, 0.29) is 72.7 Å². The number of fused-ring (bicyclic) bond motifs is 1. The van der Waals surface area contributed by atoms with Crippen molar-refractivity contribution in [3.8, 4) is 5.75 Å². The van der Waals surface area contributed by atoms with Crippen molar-refractivity contribution in [2.45, 2.75) is 32.5 Å². The molecule has 19 heteroatoms. The molecular formula is C34H33ClF4N8O6. The number of amides is 3. The third kappa shape index (κ3) is 7.97. The number of hydrogen-bond donors (Lipinski definition) is 3. The predicted octanol–water partition coefficient (Wildman–Crippen LogP) is 3.49. The second kappa shape index (κ2) is 15.2. The molecule has 4 aromatic rings. The number of alkyl halides is 3. The van der Waals surface area contributed by atoms with Crippen LogP contribution in [0.2, 0.25) is 5.02 Å². The Kier molecular flexibility index (Phi) is 10.7. The Bertz CT molecular complexity index is 2180. The molecule has 2 aromatic carbocycles. The molecule has 2 aliphatic heterocycles. The molecule has 280 valence electrons. The molecule has 0 bridgehead atoms. The average molecular weight is 761 g/mol. The minimum Gasteiger partial charge on any atom is -0.505 e. The van der Waals surface area contributed by atoms with Crippen molar-refractivity contribution >= 4 is 52.0 Å². The molecule has 2 aromatic heterocycles. The minimum atomic E-state index is -4.63. The van der Waals surface area contributed by atoms with Crippen molar-refractivity contribution in [1.82, 2.24) is 29.4 Å². The number of nitrogens with zero attached hydrogens (tertiary/aromatic N) is 6. The molecule has 1 saturated heterocycles. The number of carbonyl (C=O) groups excluding carboxylic acids is 3. The van der Waals surface area contributed by atoms with Crippen LogP contribution in [0.3, 0.4) is 0 Å². The fraction of sp³-hybridized carbons (Fsp3) is 0.353. The topological polar surface area (TPSA) is 163 Å². The zero-order chi connectivity index (χ0) is 38.0. The van der Waals surface area contributed by atoms with E-state index in [2.05, 4.69) is 20.7 Å². The van der Waals surface area contributed by atoms with E-state index in [9.17, 15) is 41.8 Å². The lowest BCUT2D eigenvalue weighted by atomic mass is 10.1. The Labute approximate surface area is 303 Å². The van der Waals surface area contributed by atoms with E-state index in [0.717, 1.165) is 34.4 Å². The fourth-order valence-corrected chi connectivity index (χ4v) is 6.35. The van der Waals surface area contributed by atoms with Crippen molar-refractivity contribution in [3.63, 3.8) is 0 Å². The Morgan fingerprint density at radius 1 is 1.08 bits per heavy atom. The van der Waals surface area contributed by atoms with E-state index < -0.39 is 53.1 Å². The quantitative estimate of drug-likeness (QED) is 0.217. The Morgan fingerprint density at radius 2 is 1.83 bits per heavy atom. The van der Waals surface area contributed by atoms with E-state index in [4.69, 9.17) is 16.3 Å². The van der Waals surface area contributed by atoms with Gasteiger partial charge in [0.15, 0.2) is 17.4 Å². The van der Waals surface area contributed by atoms with Crippen LogP contribution in [0, 0.1) is 5.82 Å². The molecule has 14 nitrogen and oxygen atoms in total. The van der Waals surface area contributed by atoms with Crippen molar-refractivity contribution in [3.05, 3.63) is 86.3 Å². The molecule has 1 fully saturated rings. The molecule has 0 saturated carbocycles. The fourth-order valence-electron chi connectivity index (χ4n) is 6.12. The summed E-state index contributed by atoms with van der Waals surface area (Å²) in [5, 5.41) is 18.8. The highest BCUT2D eigenvalue weighted by Crippen LogP contribution is 2.34. The maximum atomic E-state index is 14.1. The van der Waals surface area contributed by atoms with Gasteiger partial charge in [-0.25, -0.2) is 4.39 Å². The van der Waals surface area contributed by atoms with Crippen LogP contribution < -0.4 is 21.1 Å². The number of rotatable bonds is 9. The maximum Gasteiger partial charge on any atom is 0.416 e. The van der Waals surface area contributed by atoms with E-state index in [1.807, 2.05) is 0 Å². The number of piperazine rings is 1. The number of aromatic hydroxyl groups is 1. The first-order chi connectivity index (χ1) is 25.2. The largest absolute Gasteiger partial charge is 0.505 e. The third-order valence-corrected chi connectivity index (χ3v) is 9.15. The van der Waals surface area contributed by atoms with Crippen LogP contribution >= 0.6 is 11.6 Å². The summed E-state index contributed by atoms with van der Waals surface area (Å²) in [6, 6.07) is 5.64. The van der Waals surface area contributed by atoms with Crippen LogP contribution in [-0.4, -0.2) is 92.8 Å². The molecule has 0 spiro atoms. The van der Waals surface area contributed by atoms with E-state index in [1.54, 1.807) is 17.9 Å². The van der Waals surface area contributed by atoms with E-state index in [0.29, 0.717) is 31.4 Å². The number of phenols is 1. The summed E-state index contributed by atoms with van der Waals surface area (Å²) in [5.41, 5.74) is -0.123. The Hall–Kier alpha value is -5.49. The van der Waals surface area contributed by atoms with Crippen molar-refractivity contribution in [2.75, 3.05) is 56.2 Å². The maximum absolute atomic E-state index is 14.1. The van der Waals surface area contributed by atoms with Crippen molar-refractivity contribution < 1.29 is 41.8 Å². The molecule has 0 unspecified atom stereocenters. The highest BCUT2D eigenvalue weighted by molar-refractivity contribution is 6.33. The number of aromatic nitrogens is 4. The monoisotopic (exact) mass is 760 g/mol. The lowest BCUT2D eigenvalue weighted by molar-refractivity contribution is -0.137. The normalized spacial score (nSPS) is 15.0. The number of halogens is 5. The van der Waals surface area contributed by atoms with Gasteiger partial charge in [0.2, 0.25) is 17.6 Å². The highest BCUT2D eigenvalue weighted by atomic mass is 35.5. The number of ether oxygens (including phenoxy) is 1. The molecule has 0 aliphatic carbocycles. The van der Waals surface area contributed by atoms with Gasteiger partial charge >= 0.3 is 6.18 Å². The van der Waals surface area contributed by atoms with Crippen molar-refractivity contribution in [2.24, 2.45) is 0 Å². The Morgan fingerprint density at radius 3 is 2.47 bits per heavy atom. The first kappa shape index (κ1) is 37.3. The number of anilines is 2. The molecule has 2 aliphatic rings. The van der Waals surface area contributed by atoms with Crippen LogP contribution in [0.1, 0.15) is 40.8 Å². The first-order valence-electron chi connectivity index (χ1n) is 16.5. The van der Waals surface area contributed by atoms with Gasteiger partial charge in [-0.1, -0.05) is 24.6 Å². The molecule has 6 rings (SSSR count).